The van der Waals surface area contributed by atoms with Crippen LogP contribution in [0.1, 0.15) is 31.1 Å². The van der Waals surface area contributed by atoms with E-state index in [-0.39, 0.29) is 17.2 Å². The molecule has 0 aromatic heterocycles. The molecular formula is C13H17ClN2O3. The lowest BCUT2D eigenvalue weighted by atomic mass is 10.0. The van der Waals surface area contributed by atoms with E-state index in [0.717, 1.165) is 0 Å². The Kier molecular flexibility index (Phi) is 4.91. The van der Waals surface area contributed by atoms with Gasteiger partial charge in [-0.15, -0.1) is 0 Å². The molecule has 0 atom stereocenters. The van der Waals surface area contributed by atoms with Gasteiger partial charge in [0.05, 0.1) is 16.8 Å². The molecule has 5 nitrogen and oxygen atoms in total. The summed E-state index contributed by atoms with van der Waals surface area (Å²) in [4.78, 5) is 23.2. The number of likely N-dealkylation sites (N-methyl/N-ethyl adjacent to an activating group) is 1. The molecule has 0 spiro atoms. The fourth-order valence-electron chi connectivity index (χ4n) is 1.61. The Labute approximate surface area is 117 Å². The Hall–Kier alpha value is -1.59. The average Bonchev–Trinajstić information content (AvgIpc) is 2.28. The van der Waals surface area contributed by atoms with Gasteiger partial charge in [0.2, 0.25) is 5.91 Å². The summed E-state index contributed by atoms with van der Waals surface area (Å²) in [5, 5.41) is 15.0. The molecule has 0 bridgehead atoms. The van der Waals surface area contributed by atoms with Crippen molar-refractivity contribution in [3.63, 3.8) is 0 Å². The third-order valence-electron chi connectivity index (χ3n) is 2.65. The summed E-state index contributed by atoms with van der Waals surface area (Å²) in [6, 6.07) is 4.25. The zero-order valence-corrected chi connectivity index (χ0v) is 11.8. The number of carboxylic acids is 1. The molecule has 6 heteroatoms. The summed E-state index contributed by atoms with van der Waals surface area (Å²) < 4.78 is 0. The van der Waals surface area contributed by atoms with E-state index in [9.17, 15) is 9.59 Å². The quantitative estimate of drug-likeness (QED) is 0.776. The maximum Gasteiger partial charge on any atom is 0.337 e. The first-order chi connectivity index (χ1) is 8.77. The van der Waals surface area contributed by atoms with Gasteiger partial charge in [0.15, 0.2) is 0 Å². The van der Waals surface area contributed by atoms with Gasteiger partial charge in [-0.05, 0) is 38.6 Å². The molecule has 0 aliphatic rings. The lowest BCUT2D eigenvalue weighted by Crippen LogP contribution is -2.49. The molecule has 3 N–H and O–H groups in total. The summed E-state index contributed by atoms with van der Waals surface area (Å²) in [5.74, 6) is -1.44. The molecule has 0 saturated carbocycles. The second kappa shape index (κ2) is 6.04. The minimum Gasteiger partial charge on any atom is -0.478 e. The number of anilines is 1. The van der Waals surface area contributed by atoms with E-state index < -0.39 is 11.5 Å². The molecule has 0 aliphatic carbocycles. The lowest BCUT2D eigenvalue weighted by molar-refractivity contribution is -0.121. The summed E-state index contributed by atoms with van der Waals surface area (Å²) in [7, 11) is 0. The Balaban J connectivity index is 3.02. The van der Waals surface area contributed by atoms with Crippen LogP contribution >= 0.6 is 11.6 Å². The van der Waals surface area contributed by atoms with Crippen LogP contribution in [0.15, 0.2) is 18.2 Å². The van der Waals surface area contributed by atoms with Crippen molar-refractivity contribution in [2.24, 2.45) is 0 Å². The van der Waals surface area contributed by atoms with Crippen LogP contribution < -0.4 is 10.6 Å². The summed E-state index contributed by atoms with van der Waals surface area (Å²) >= 11 is 5.82. The SMILES string of the molecule is CCNC(C)(C)C(=O)Nc1cc(Cl)ccc1C(=O)O. The standard InChI is InChI=1S/C13H17ClN2O3/c1-4-15-13(2,3)12(19)16-10-7-8(14)5-6-9(10)11(17)18/h5-7,15H,4H2,1-3H3,(H,16,19)(H,17,18). The molecule has 0 fully saturated rings. The molecule has 1 aromatic carbocycles. The number of rotatable bonds is 5. The van der Waals surface area contributed by atoms with Crippen LogP contribution in [0.3, 0.4) is 0 Å². The number of amides is 1. The van der Waals surface area contributed by atoms with Crippen molar-refractivity contribution < 1.29 is 14.7 Å². The number of hydrogen-bond donors (Lipinski definition) is 3. The molecule has 1 aromatic rings. The largest absolute Gasteiger partial charge is 0.478 e. The molecule has 0 unspecified atom stereocenters. The van der Waals surface area contributed by atoms with Gasteiger partial charge in [-0.3, -0.25) is 4.79 Å². The Bertz CT molecular complexity index is 501. The van der Waals surface area contributed by atoms with Gasteiger partial charge in [0.25, 0.3) is 0 Å². The number of carbonyl (C=O) groups excluding carboxylic acids is 1. The van der Waals surface area contributed by atoms with E-state index >= 15 is 0 Å². The first kappa shape index (κ1) is 15.5. The Morgan fingerprint density at radius 2 is 2.00 bits per heavy atom. The molecule has 1 rings (SSSR count). The van der Waals surface area contributed by atoms with Crippen LogP contribution in [0, 0.1) is 0 Å². The zero-order valence-electron chi connectivity index (χ0n) is 11.1. The highest BCUT2D eigenvalue weighted by molar-refractivity contribution is 6.31. The molecule has 104 valence electrons. The molecule has 0 heterocycles. The van der Waals surface area contributed by atoms with Crippen LogP contribution in [-0.4, -0.2) is 29.1 Å². The first-order valence-electron chi connectivity index (χ1n) is 5.87. The number of hydrogen-bond acceptors (Lipinski definition) is 3. The van der Waals surface area contributed by atoms with Gasteiger partial charge in [-0.1, -0.05) is 18.5 Å². The second-order valence-corrected chi connectivity index (χ2v) is 5.04. The highest BCUT2D eigenvalue weighted by Crippen LogP contribution is 2.22. The van der Waals surface area contributed by atoms with Gasteiger partial charge >= 0.3 is 5.97 Å². The summed E-state index contributed by atoms with van der Waals surface area (Å²) in [6.45, 7) is 5.95. The van der Waals surface area contributed by atoms with Crippen LogP contribution in [0.4, 0.5) is 5.69 Å². The highest BCUT2D eigenvalue weighted by atomic mass is 35.5. The molecule has 19 heavy (non-hydrogen) atoms. The number of aromatic carboxylic acids is 1. The fraction of sp³-hybridized carbons (Fsp3) is 0.385. The normalized spacial score (nSPS) is 11.2. The lowest BCUT2D eigenvalue weighted by Gasteiger charge is -2.24. The van der Waals surface area contributed by atoms with E-state index in [2.05, 4.69) is 10.6 Å². The maximum atomic E-state index is 12.1. The molecule has 0 radical (unpaired) electrons. The number of benzene rings is 1. The van der Waals surface area contributed by atoms with Crippen molar-refractivity contribution in [2.75, 3.05) is 11.9 Å². The predicted octanol–water partition coefficient (Wildman–Crippen LogP) is 2.36. The monoisotopic (exact) mass is 284 g/mol. The topological polar surface area (TPSA) is 78.4 Å². The molecular weight excluding hydrogens is 268 g/mol. The Morgan fingerprint density at radius 3 is 2.53 bits per heavy atom. The van der Waals surface area contributed by atoms with Crippen molar-refractivity contribution >= 4 is 29.2 Å². The van der Waals surface area contributed by atoms with E-state index in [1.165, 1.54) is 18.2 Å². The highest BCUT2D eigenvalue weighted by Gasteiger charge is 2.27. The van der Waals surface area contributed by atoms with Crippen LogP contribution in [0.2, 0.25) is 5.02 Å². The number of carboxylic acid groups (broad SMARTS) is 1. The zero-order chi connectivity index (χ0) is 14.6. The van der Waals surface area contributed by atoms with Crippen molar-refractivity contribution in [1.82, 2.24) is 5.32 Å². The van der Waals surface area contributed by atoms with Crippen molar-refractivity contribution in [2.45, 2.75) is 26.3 Å². The van der Waals surface area contributed by atoms with Crippen molar-refractivity contribution in [1.29, 1.82) is 0 Å². The number of nitrogens with one attached hydrogen (secondary N) is 2. The average molecular weight is 285 g/mol. The van der Waals surface area contributed by atoms with E-state index in [4.69, 9.17) is 16.7 Å². The van der Waals surface area contributed by atoms with E-state index in [0.29, 0.717) is 11.6 Å². The van der Waals surface area contributed by atoms with Gasteiger partial charge in [0, 0.05) is 5.02 Å². The molecule has 1 amide bonds. The first-order valence-corrected chi connectivity index (χ1v) is 6.25. The van der Waals surface area contributed by atoms with E-state index in [1.807, 2.05) is 6.92 Å². The van der Waals surface area contributed by atoms with Gasteiger partial charge in [0.1, 0.15) is 0 Å². The van der Waals surface area contributed by atoms with Crippen molar-refractivity contribution in [3.8, 4) is 0 Å². The summed E-state index contributed by atoms with van der Waals surface area (Å²) in [6.07, 6.45) is 0. The van der Waals surface area contributed by atoms with E-state index in [1.54, 1.807) is 13.8 Å². The third-order valence-corrected chi connectivity index (χ3v) is 2.88. The van der Waals surface area contributed by atoms with Crippen LogP contribution in [-0.2, 0) is 4.79 Å². The third kappa shape index (κ3) is 3.94. The Morgan fingerprint density at radius 1 is 1.37 bits per heavy atom. The smallest absolute Gasteiger partial charge is 0.337 e. The minimum atomic E-state index is -1.12. The molecule has 0 saturated heterocycles. The van der Waals surface area contributed by atoms with Crippen molar-refractivity contribution in [3.05, 3.63) is 28.8 Å². The fourth-order valence-corrected chi connectivity index (χ4v) is 1.78. The summed E-state index contributed by atoms with van der Waals surface area (Å²) in [5.41, 5.74) is -0.603. The van der Waals surface area contributed by atoms with Gasteiger partial charge in [-0.2, -0.15) is 0 Å². The van der Waals surface area contributed by atoms with Crippen LogP contribution in [0.5, 0.6) is 0 Å². The molecule has 0 aliphatic heterocycles. The predicted molar refractivity (Wildman–Crippen MR) is 74.8 cm³/mol. The number of halogens is 1. The maximum absolute atomic E-state index is 12.1. The van der Waals surface area contributed by atoms with Gasteiger partial charge < -0.3 is 15.7 Å². The van der Waals surface area contributed by atoms with Crippen LogP contribution in [0.25, 0.3) is 0 Å². The second-order valence-electron chi connectivity index (χ2n) is 4.60. The number of carbonyl (C=O) groups is 2. The van der Waals surface area contributed by atoms with Gasteiger partial charge in [-0.25, -0.2) is 4.79 Å². The minimum absolute atomic E-state index is 0.00467.